The maximum absolute atomic E-state index is 13.4. The first-order valence-corrected chi connectivity index (χ1v) is 14.2. The van der Waals surface area contributed by atoms with Gasteiger partial charge >= 0.3 is 0 Å². The van der Waals surface area contributed by atoms with Crippen LogP contribution in [0.25, 0.3) is 0 Å². The number of hydrogen-bond acceptors (Lipinski definition) is 3. The topological polar surface area (TPSA) is 46.6 Å². The monoisotopic (exact) mass is 471 g/mol. The van der Waals surface area contributed by atoms with Crippen molar-refractivity contribution in [2.24, 2.45) is 0 Å². The van der Waals surface area contributed by atoms with Crippen molar-refractivity contribution < 1.29 is 13.2 Å². The number of hydrogen-bond donors (Lipinski definition) is 0. The molecule has 2 aromatic carbocycles. The van der Waals surface area contributed by atoms with Crippen LogP contribution in [0.3, 0.4) is 0 Å². The Balaban J connectivity index is 1.59. The lowest BCUT2D eigenvalue weighted by molar-refractivity contribution is -0.0689. The van der Waals surface area contributed by atoms with Crippen molar-refractivity contribution in [1.82, 2.24) is 4.31 Å². The highest BCUT2D eigenvalue weighted by atomic mass is 32.2. The zero-order valence-electron chi connectivity index (χ0n) is 20.4. The first-order chi connectivity index (χ1) is 16.0. The third-order valence-corrected chi connectivity index (χ3v) is 8.44. The Morgan fingerprint density at radius 2 is 1.42 bits per heavy atom. The number of nitrogens with zero attached hydrogens (tertiary/aromatic N) is 1. The molecule has 0 unspecified atom stereocenters. The number of aryl methyl sites for hydroxylation is 1. The Kier molecular flexibility index (Phi) is 10.4. The molecule has 182 valence electrons. The van der Waals surface area contributed by atoms with E-state index in [0.29, 0.717) is 18.0 Å². The highest BCUT2D eigenvalue weighted by molar-refractivity contribution is 7.89. The van der Waals surface area contributed by atoms with Gasteiger partial charge in [0.15, 0.2) is 0 Å². The summed E-state index contributed by atoms with van der Waals surface area (Å²) in [5, 5.41) is 0. The van der Waals surface area contributed by atoms with Crippen LogP contribution in [-0.2, 0) is 14.8 Å². The second-order valence-corrected chi connectivity index (χ2v) is 11.3. The molecule has 1 aliphatic rings. The number of unbranched alkanes of at least 4 members (excludes halogenated alkanes) is 8. The van der Waals surface area contributed by atoms with Crippen LogP contribution in [0.15, 0.2) is 59.5 Å². The van der Waals surface area contributed by atoms with Crippen LogP contribution in [0, 0.1) is 6.92 Å². The van der Waals surface area contributed by atoms with E-state index in [4.69, 9.17) is 4.74 Å². The van der Waals surface area contributed by atoms with E-state index in [-0.39, 0.29) is 12.2 Å². The van der Waals surface area contributed by atoms with Crippen molar-refractivity contribution in [3.05, 3.63) is 65.7 Å². The molecule has 5 heteroatoms. The Bertz CT molecular complexity index is 912. The molecule has 3 rings (SSSR count). The number of sulfonamides is 1. The predicted molar refractivity (Wildman–Crippen MR) is 136 cm³/mol. The van der Waals surface area contributed by atoms with Gasteiger partial charge < -0.3 is 4.74 Å². The molecule has 0 radical (unpaired) electrons. The van der Waals surface area contributed by atoms with Crippen LogP contribution in [0.5, 0.6) is 0 Å². The van der Waals surface area contributed by atoms with Gasteiger partial charge in [-0.25, -0.2) is 8.42 Å². The summed E-state index contributed by atoms with van der Waals surface area (Å²) in [6.07, 6.45) is 12.1. The molecule has 33 heavy (non-hydrogen) atoms. The number of benzene rings is 2. The fraction of sp³-hybridized carbons (Fsp3) is 0.571. The van der Waals surface area contributed by atoms with Gasteiger partial charge in [0.05, 0.1) is 17.1 Å². The van der Waals surface area contributed by atoms with Gasteiger partial charge in [-0.2, -0.15) is 4.31 Å². The van der Waals surface area contributed by atoms with Crippen molar-refractivity contribution in [2.75, 3.05) is 13.1 Å². The van der Waals surface area contributed by atoms with E-state index in [1.54, 1.807) is 16.4 Å². The predicted octanol–water partition coefficient (Wildman–Crippen LogP) is 7.05. The normalized spacial score (nSPS) is 19.6. The van der Waals surface area contributed by atoms with Crippen molar-refractivity contribution in [1.29, 1.82) is 0 Å². The van der Waals surface area contributed by atoms with Gasteiger partial charge in [0.1, 0.15) is 0 Å². The highest BCUT2D eigenvalue weighted by Crippen LogP contribution is 2.31. The number of ether oxygens (including phenoxy) is 1. The van der Waals surface area contributed by atoms with Crippen molar-refractivity contribution in [2.45, 2.75) is 95.2 Å². The molecule has 1 aliphatic heterocycles. The second kappa shape index (κ2) is 13.3. The maximum atomic E-state index is 13.4. The van der Waals surface area contributed by atoms with Crippen LogP contribution in [0.1, 0.15) is 88.4 Å². The summed E-state index contributed by atoms with van der Waals surface area (Å²) in [4.78, 5) is 0.364. The molecule has 2 atom stereocenters. The molecule has 2 aromatic rings. The van der Waals surface area contributed by atoms with E-state index in [2.05, 4.69) is 6.92 Å². The fourth-order valence-corrected chi connectivity index (χ4v) is 6.03. The molecule has 0 bridgehead atoms. The van der Waals surface area contributed by atoms with E-state index in [1.807, 2.05) is 49.4 Å². The maximum Gasteiger partial charge on any atom is 0.243 e. The third-order valence-electron chi connectivity index (χ3n) is 6.59. The summed E-state index contributed by atoms with van der Waals surface area (Å²) in [5.41, 5.74) is 2.10. The lowest BCUT2D eigenvalue weighted by Crippen LogP contribution is -2.46. The van der Waals surface area contributed by atoms with E-state index < -0.39 is 10.0 Å². The average Bonchev–Trinajstić information content (AvgIpc) is 2.83. The summed E-state index contributed by atoms with van der Waals surface area (Å²) in [6, 6.07) is 17.2. The summed E-state index contributed by atoms with van der Waals surface area (Å²) >= 11 is 0. The lowest BCUT2D eigenvalue weighted by Gasteiger charge is -2.37. The highest BCUT2D eigenvalue weighted by Gasteiger charge is 2.35. The third kappa shape index (κ3) is 7.94. The van der Waals surface area contributed by atoms with Crippen LogP contribution in [-0.4, -0.2) is 31.9 Å². The largest absolute Gasteiger partial charge is 0.368 e. The fourth-order valence-electron chi connectivity index (χ4n) is 4.55. The number of rotatable bonds is 13. The Hall–Kier alpha value is -1.69. The Labute approximate surface area is 201 Å². The zero-order chi connectivity index (χ0) is 23.5. The Morgan fingerprint density at radius 3 is 2.06 bits per heavy atom. The summed E-state index contributed by atoms with van der Waals surface area (Å²) in [5.74, 6) is 0. The van der Waals surface area contributed by atoms with Gasteiger partial charge in [0.25, 0.3) is 0 Å². The van der Waals surface area contributed by atoms with E-state index in [0.717, 1.165) is 24.0 Å². The van der Waals surface area contributed by atoms with Crippen LogP contribution in [0.4, 0.5) is 0 Å². The molecule has 0 amide bonds. The minimum atomic E-state index is -3.55. The molecule has 1 saturated heterocycles. The van der Waals surface area contributed by atoms with E-state index in [9.17, 15) is 8.42 Å². The Morgan fingerprint density at radius 1 is 0.818 bits per heavy atom. The molecule has 0 spiro atoms. The minimum absolute atomic E-state index is 0.0752. The molecule has 1 fully saturated rings. The van der Waals surface area contributed by atoms with Crippen LogP contribution >= 0.6 is 0 Å². The smallest absolute Gasteiger partial charge is 0.243 e. The van der Waals surface area contributed by atoms with E-state index in [1.165, 1.54) is 51.4 Å². The summed E-state index contributed by atoms with van der Waals surface area (Å²) < 4.78 is 34.9. The van der Waals surface area contributed by atoms with Crippen LogP contribution in [0.2, 0.25) is 0 Å². The van der Waals surface area contributed by atoms with Crippen molar-refractivity contribution in [3.63, 3.8) is 0 Å². The van der Waals surface area contributed by atoms with Crippen molar-refractivity contribution >= 4 is 10.0 Å². The van der Waals surface area contributed by atoms with Gasteiger partial charge in [-0.05, 0) is 31.0 Å². The second-order valence-electron chi connectivity index (χ2n) is 9.41. The SMILES string of the molecule is CCCCCCCCCCC[C@@H]1CN(S(=O)(=O)c2ccc(C)cc2)C[C@H](c2ccccc2)O1. The van der Waals surface area contributed by atoms with Gasteiger partial charge in [-0.15, -0.1) is 0 Å². The summed E-state index contributed by atoms with van der Waals surface area (Å²) in [6.45, 7) is 5.01. The van der Waals surface area contributed by atoms with Crippen LogP contribution < -0.4 is 0 Å². The summed E-state index contributed by atoms with van der Waals surface area (Å²) in [7, 11) is -3.55. The number of morpholine rings is 1. The molecule has 0 aliphatic carbocycles. The average molecular weight is 472 g/mol. The zero-order valence-corrected chi connectivity index (χ0v) is 21.2. The molecule has 0 saturated carbocycles. The quantitative estimate of drug-likeness (QED) is 0.294. The first-order valence-electron chi connectivity index (χ1n) is 12.8. The van der Waals surface area contributed by atoms with E-state index >= 15 is 0 Å². The molecule has 1 heterocycles. The van der Waals surface area contributed by atoms with Gasteiger partial charge in [0.2, 0.25) is 10.0 Å². The van der Waals surface area contributed by atoms with Gasteiger partial charge in [-0.3, -0.25) is 0 Å². The molecule has 0 N–H and O–H groups in total. The minimum Gasteiger partial charge on any atom is -0.368 e. The first kappa shape index (κ1) is 25.9. The van der Waals surface area contributed by atoms with Gasteiger partial charge in [-0.1, -0.05) is 113 Å². The molecular weight excluding hydrogens is 430 g/mol. The van der Waals surface area contributed by atoms with Crippen molar-refractivity contribution in [3.8, 4) is 0 Å². The standard InChI is InChI=1S/C28H41NO3S/c1-3-4-5-6-7-8-9-10-14-17-26-22-29(23-28(32-26)25-15-12-11-13-16-25)33(30,31)27-20-18-24(2)19-21-27/h11-13,15-16,18-21,26,28H,3-10,14,17,22-23H2,1-2H3/t26-,28-/m1/s1. The molecule has 0 aromatic heterocycles. The lowest BCUT2D eigenvalue weighted by atomic mass is 10.0. The van der Waals surface area contributed by atoms with Gasteiger partial charge in [0, 0.05) is 13.1 Å². The molecule has 4 nitrogen and oxygen atoms in total. The molecular formula is C28H41NO3S.